The first-order valence-corrected chi connectivity index (χ1v) is 2.67. The van der Waals surface area contributed by atoms with Gasteiger partial charge < -0.3 is 0 Å². The SMILES string of the molecule is CONC=C(C)Br. The van der Waals surface area contributed by atoms with E-state index in [-0.39, 0.29) is 0 Å². The van der Waals surface area contributed by atoms with Crippen LogP contribution < -0.4 is 5.48 Å². The summed E-state index contributed by atoms with van der Waals surface area (Å²) >= 11 is 3.19. The molecule has 0 rings (SSSR count). The Kier molecular flexibility index (Phi) is 4.14. The maximum absolute atomic E-state index is 4.50. The molecule has 0 radical (unpaired) electrons. The van der Waals surface area contributed by atoms with Gasteiger partial charge in [-0.1, -0.05) is 15.9 Å². The lowest BCUT2D eigenvalue weighted by atomic mass is 10.7. The largest absolute Gasteiger partial charge is 0.280 e. The Labute approximate surface area is 51.6 Å². The van der Waals surface area contributed by atoms with Crippen LogP contribution in [-0.2, 0) is 4.84 Å². The van der Waals surface area contributed by atoms with Crippen LogP contribution in [0.1, 0.15) is 6.92 Å². The molecule has 0 aromatic heterocycles. The third kappa shape index (κ3) is 5.98. The van der Waals surface area contributed by atoms with E-state index in [1.807, 2.05) is 6.92 Å². The normalized spacial score (nSPS) is 11.6. The summed E-state index contributed by atoms with van der Waals surface area (Å²) in [4.78, 5) is 4.50. The molecule has 3 heteroatoms. The quantitative estimate of drug-likeness (QED) is 0.626. The first kappa shape index (κ1) is 6.98. The van der Waals surface area contributed by atoms with Crippen molar-refractivity contribution in [1.82, 2.24) is 5.48 Å². The highest BCUT2D eigenvalue weighted by atomic mass is 79.9. The fraction of sp³-hybridized carbons (Fsp3) is 0.500. The lowest BCUT2D eigenvalue weighted by molar-refractivity contribution is 0.128. The maximum atomic E-state index is 4.50. The third-order valence-electron chi connectivity index (χ3n) is 0.376. The topological polar surface area (TPSA) is 21.3 Å². The van der Waals surface area contributed by atoms with Crippen molar-refractivity contribution in [3.05, 3.63) is 10.7 Å². The second kappa shape index (κ2) is 4.15. The van der Waals surface area contributed by atoms with Crippen LogP contribution in [0.3, 0.4) is 0 Å². The zero-order chi connectivity index (χ0) is 5.70. The molecule has 0 amide bonds. The van der Waals surface area contributed by atoms with Gasteiger partial charge in [-0.25, -0.2) is 0 Å². The van der Waals surface area contributed by atoms with E-state index < -0.39 is 0 Å². The molecular formula is C4H8BrNO. The fourth-order valence-electron chi connectivity index (χ4n) is 0.140. The smallest absolute Gasteiger partial charge is 0.0636 e. The summed E-state index contributed by atoms with van der Waals surface area (Å²) in [6, 6.07) is 0. The van der Waals surface area contributed by atoms with E-state index in [1.165, 1.54) is 0 Å². The van der Waals surface area contributed by atoms with Crippen molar-refractivity contribution in [2.24, 2.45) is 0 Å². The average molecular weight is 166 g/mol. The van der Waals surface area contributed by atoms with Gasteiger partial charge in [-0.2, -0.15) is 0 Å². The van der Waals surface area contributed by atoms with Crippen LogP contribution in [0.4, 0.5) is 0 Å². The molecule has 0 aliphatic carbocycles. The Hall–Kier alpha value is -0.0200. The summed E-state index contributed by atoms with van der Waals surface area (Å²) in [5, 5.41) is 0. The summed E-state index contributed by atoms with van der Waals surface area (Å²) in [5.41, 5.74) is 2.54. The molecule has 1 N–H and O–H groups in total. The van der Waals surface area contributed by atoms with Crippen LogP contribution in [0.15, 0.2) is 10.7 Å². The summed E-state index contributed by atoms with van der Waals surface area (Å²) in [7, 11) is 1.56. The van der Waals surface area contributed by atoms with Crippen LogP contribution in [-0.4, -0.2) is 7.11 Å². The van der Waals surface area contributed by atoms with Gasteiger partial charge >= 0.3 is 0 Å². The van der Waals surface area contributed by atoms with Crippen LogP contribution >= 0.6 is 15.9 Å². The third-order valence-corrected chi connectivity index (χ3v) is 0.605. The van der Waals surface area contributed by atoms with Crippen molar-refractivity contribution in [2.45, 2.75) is 6.92 Å². The van der Waals surface area contributed by atoms with Gasteiger partial charge in [0.15, 0.2) is 0 Å². The lowest BCUT2D eigenvalue weighted by Gasteiger charge is -1.91. The van der Waals surface area contributed by atoms with Gasteiger partial charge in [0.05, 0.1) is 7.11 Å². The van der Waals surface area contributed by atoms with Gasteiger partial charge in [-0.3, -0.25) is 10.3 Å². The Morgan fingerprint density at radius 1 is 1.86 bits per heavy atom. The summed E-state index contributed by atoms with van der Waals surface area (Å²) in [5.74, 6) is 0. The van der Waals surface area contributed by atoms with E-state index >= 15 is 0 Å². The van der Waals surface area contributed by atoms with Crippen molar-refractivity contribution >= 4 is 15.9 Å². The number of halogens is 1. The highest BCUT2D eigenvalue weighted by Crippen LogP contribution is 1.97. The standard InChI is InChI=1S/C4H8BrNO/c1-4(5)3-6-7-2/h3,6H,1-2H3. The molecule has 0 saturated heterocycles. The average Bonchev–Trinajstić information content (AvgIpc) is 1.61. The summed E-state index contributed by atoms with van der Waals surface area (Å²) in [6.45, 7) is 1.91. The summed E-state index contributed by atoms with van der Waals surface area (Å²) in [6.07, 6.45) is 1.71. The van der Waals surface area contributed by atoms with Crippen LogP contribution in [0.25, 0.3) is 0 Å². The van der Waals surface area contributed by atoms with E-state index in [4.69, 9.17) is 0 Å². The molecule has 0 aromatic carbocycles. The minimum Gasteiger partial charge on any atom is -0.280 e. The Morgan fingerprint density at radius 2 is 2.43 bits per heavy atom. The fourth-order valence-corrected chi connectivity index (χ4v) is 0.234. The molecule has 0 atom stereocenters. The zero-order valence-corrected chi connectivity index (χ0v) is 5.95. The number of nitrogens with one attached hydrogen (secondary N) is 1. The van der Waals surface area contributed by atoms with Gasteiger partial charge in [0.2, 0.25) is 0 Å². The van der Waals surface area contributed by atoms with Crippen LogP contribution in [0.2, 0.25) is 0 Å². The molecule has 7 heavy (non-hydrogen) atoms. The van der Waals surface area contributed by atoms with Crippen molar-refractivity contribution < 1.29 is 4.84 Å². The van der Waals surface area contributed by atoms with Gasteiger partial charge in [0.1, 0.15) is 0 Å². The molecule has 2 nitrogen and oxygen atoms in total. The van der Waals surface area contributed by atoms with Gasteiger partial charge in [0, 0.05) is 10.7 Å². The minimum absolute atomic E-state index is 1.01. The van der Waals surface area contributed by atoms with E-state index in [0.29, 0.717) is 0 Å². The van der Waals surface area contributed by atoms with E-state index in [0.717, 1.165) is 4.48 Å². The predicted octanol–water partition coefficient (Wildman–Crippen LogP) is 1.39. The molecule has 42 valence electrons. The number of rotatable bonds is 2. The molecule has 0 spiro atoms. The predicted molar refractivity (Wildman–Crippen MR) is 32.8 cm³/mol. The Morgan fingerprint density at radius 3 is 2.57 bits per heavy atom. The molecule has 0 aliphatic heterocycles. The second-order valence-corrected chi connectivity index (χ2v) is 2.30. The van der Waals surface area contributed by atoms with Gasteiger partial charge in [-0.05, 0) is 6.92 Å². The molecule has 0 heterocycles. The molecule has 0 fully saturated rings. The first-order chi connectivity index (χ1) is 3.27. The highest BCUT2D eigenvalue weighted by Gasteiger charge is 1.72. The Bertz CT molecular complexity index is 68.1. The van der Waals surface area contributed by atoms with Gasteiger partial charge in [0.25, 0.3) is 0 Å². The van der Waals surface area contributed by atoms with Crippen LogP contribution in [0.5, 0.6) is 0 Å². The number of hydroxylamine groups is 1. The molecular weight excluding hydrogens is 158 g/mol. The van der Waals surface area contributed by atoms with E-state index in [1.54, 1.807) is 13.3 Å². The zero-order valence-electron chi connectivity index (χ0n) is 4.36. The lowest BCUT2D eigenvalue weighted by Crippen LogP contribution is -2.00. The molecule has 0 aromatic rings. The molecule has 0 saturated carbocycles. The van der Waals surface area contributed by atoms with Crippen LogP contribution in [0, 0.1) is 0 Å². The van der Waals surface area contributed by atoms with Crippen molar-refractivity contribution in [1.29, 1.82) is 0 Å². The Balaban J connectivity index is 3.08. The van der Waals surface area contributed by atoms with Crippen molar-refractivity contribution in [3.8, 4) is 0 Å². The monoisotopic (exact) mass is 165 g/mol. The minimum atomic E-state index is 1.01. The van der Waals surface area contributed by atoms with E-state index in [2.05, 4.69) is 26.2 Å². The molecule has 0 unspecified atom stereocenters. The van der Waals surface area contributed by atoms with Gasteiger partial charge in [-0.15, -0.1) is 0 Å². The number of allylic oxidation sites excluding steroid dienone is 1. The van der Waals surface area contributed by atoms with E-state index in [9.17, 15) is 0 Å². The molecule has 0 bridgehead atoms. The van der Waals surface area contributed by atoms with Crippen molar-refractivity contribution in [3.63, 3.8) is 0 Å². The summed E-state index contributed by atoms with van der Waals surface area (Å²) < 4.78 is 1.01. The second-order valence-electron chi connectivity index (χ2n) is 1.05. The number of hydrogen-bond donors (Lipinski definition) is 1. The highest BCUT2D eigenvalue weighted by molar-refractivity contribution is 9.11. The number of hydrogen-bond acceptors (Lipinski definition) is 2. The maximum Gasteiger partial charge on any atom is 0.0636 e. The van der Waals surface area contributed by atoms with Crippen molar-refractivity contribution in [2.75, 3.05) is 7.11 Å². The molecule has 0 aliphatic rings. The first-order valence-electron chi connectivity index (χ1n) is 1.88.